The van der Waals surface area contributed by atoms with Gasteiger partial charge in [-0.25, -0.2) is 4.79 Å². The summed E-state index contributed by atoms with van der Waals surface area (Å²) in [6.45, 7) is 2.90. The third-order valence-corrected chi connectivity index (χ3v) is 3.44. The Morgan fingerprint density at radius 3 is 2.44 bits per heavy atom. The summed E-state index contributed by atoms with van der Waals surface area (Å²) in [5.41, 5.74) is 0. The molecule has 0 saturated carbocycles. The van der Waals surface area contributed by atoms with E-state index in [2.05, 4.69) is 0 Å². The molecule has 1 heterocycles. The molecular formula is C9H16FNO4S. The zero-order valence-electron chi connectivity index (χ0n) is 9.19. The number of carbonyl (C=O) groups excluding carboxylic acids is 1. The molecule has 0 unspecified atom stereocenters. The number of hydrogen-bond acceptors (Lipinski definition) is 4. The van der Waals surface area contributed by atoms with E-state index >= 15 is 0 Å². The molecule has 94 valence electrons. The van der Waals surface area contributed by atoms with Crippen molar-refractivity contribution in [2.45, 2.75) is 19.8 Å². The second kappa shape index (κ2) is 5.47. The van der Waals surface area contributed by atoms with Gasteiger partial charge in [-0.15, -0.1) is 3.89 Å². The fourth-order valence-corrected chi connectivity index (χ4v) is 2.67. The number of carbonyl (C=O) groups is 1. The van der Waals surface area contributed by atoms with Gasteiger partial charge in [-0.2, -0.15) is 8.42 Å². The molecule has 16 heavy (non-hydrogen) atoms. The van der Waals surface area contributed by atoms with Gasteiger partial charge in [0.05, 0.1) is 12.4 Å². The molecule has 1 aliphatic rings. The molecule has 0 aromatic carbocycles. The summed E-state index contributed by atoms with van der Waals surface area (Å²) in [5.74, 6) is -0.635. The van der Waals surface area contributed by atoms with Crippen molar-refractivity contribution in [2.24, 2.45) is 5.92 Å². The zero-order chi connectivity index (χ0) is 12.2. The van der Waals surface area contributed by atoms with Crippen molar-refractivity contribution in [1.82, 2.24) is 4.90 Å². The number of piperidine rings is 1. The Morgan fingerprint density at radius 2 is 2.00 bits per heavy atom. The normalized spacial score (nSPS) is 18.5. The first-order valence-electron chi connectivity index (χ1n) is 5.26. The maximum absolute atomic E-state index is 12.4. The lowest BCUT2D eigenvalue weighted by molar-refractivity contribution is 0.0936. The van der Waals surface area contributed by atoms with Gasteiger partial charge in [0.15, 0.2) is 0 Å². The number of amides is 1. The van der Waals surface area contributed by atoms with Crippen LogP contribution in [-0.4, -0.2) is 44.9 Å². The average Bonchev–Trinajstić information content (AvgIpc) is 2.16. The highest BCUT2D eigenvalue weighted by Crippen LogP contribution is 2.20. The molecule has 0 atom stereocenters. The molecule has 0 bridgehead atoms. The van der Waals surface area contributed by atoms with Gasteiger partial charge in [0, 0.05) is 13.1 Å². The van der Waals surface area contributed by atoms with E-state index in [0.29, 0.717) is 32.5 Å². The highest BCUT2D eigenvalue weighted by Gasteiger charge is 2.26. The number of ether oxygens (including phenoxy) is 1. The minimum absolute atomic E-state index is 0.194. The van der Waals surface area contributed by atoms with Crippen molar-refractivity contribution in [3.63, 3.8) is 0 Å². The first-order chi connectivity index (χ1) is 7.42. The Bertz CT molecular complexity index is 335. The van der Waals surface area contributed by atoms with Crippen molar-refractivity contribution in [3.05, 3.63) is 0 Å². The van der Waals surface area contributed by atoms with E-state index in [-0.39, 0.29) is 12.0 Å². The van der Waals surface area contributed by atoms with E-state index in [0.717, 1.165) is 0 Å². The van der Waals surface area contributed by atoms with E-state index in [9.17, 15) is 17.1 Å². The lowest BCUT2D eigenvalue weighted by Crippen LogP contribution is -2.40. The minimum Gasteiger partial charge on any atom is -0.450 e. The number of halogens is 1. The summed E-state index contributed by atoms with van der Waals surface area (Å²) in [7, 11) is -4.41. The molecule has 1 amide bonds. The van der Waals surface area contributed by atoms with Crippen LogP contribution in [0.2, 0.25) is 0 Å². The molecule has 1 fully saturated rings. The van der Waals surface area contributed by atoms with Crippen LogP contribution in [0.3, 0.4) is 0 Å². The third-order valence-electron chi connectivity index (χ3n) is 2.58. The number of rotatable bonds is 3. The van der Waals surface area contributed by atoms with Gasteiger partial charge in [-0.05, 0) is 25.7 Å². The highest BCUT2D eigenvalue weighted by molar-refractivity contribution is 7.86. The first kappa shape index (κ1) is 13.2. The van der Waals surface area contributed by atoms with Crippen molar-refractivity contribution in [3.8, 4) is 0 Å². The van der Waals surface area contributed by atoms with Crippen LogP contribution in [0.1, 0.15) is 19.8 Å². The molecule has 0 radical (unpaired) electrons. The van der Waals surface area contributed by atoms with Crippen LogP contribution in [-0.2, 0) is 15.0 Å². The smallest absolute Gasteiger partial charge is 0.409 e. The Morgan fingerprint density at radius 1 is 1.44 bits per heavy atom. The summed E-state index contributed by atoms with van der Waals surface area (Å²) < 4.78 is 38.1. The van der Waals surface area contributed by atoms with Crippen LogP contribution in [0.15, 0.2) is 0 Å². The molecule has 1 saturated heterocycles. The lowest BCUT2D eigenvalue weighted by atomic mass is 9.99. The molecule has 0 aromatic rings. The number of nitrogens with zero attached hydrogens (tertiary/aromatic N) is 1. The Hall–Kier alpha value is -0.850. The fourth-order valence-electron chi connectivity index (χ4n) is 1.78. The molecule has 0 aromatic heterocycles. The van der Waals surface area contributed by atoms with E-state index in [1.807, 2.05) is 0 Å². The Kier molecular flexibility index (Phi) is 4.52. The molecule has 5 nitrogen and oxygen atoms in total. The van der Waals surface area contributed by atoms with Crippen LogP contribution < -0.4 is 0 Å². The SMILES string of the molecule is CCOC(=O)N1CCC(CS(=O)(=O)F)CC1. The summed E-state index contributed by atoms with van der Waals surface area (Å²) in [6.07, 6.45) is 0.619. The molecule has 0 aliphatic carbocycles. The standard InChI is InChI=1S/C9H16FNO4S/c1-2-15-9(12)11-5-3-8(4-6-11)7-16(10,13)14/h8H,2-7H2,1H3. The van der Waals surface area contributed by atoms with Crippen LogP contribution >= 0.6 is 0 Å². The molecular weight excluding hydrogens is 237 g/mol. The van der Waals surface area contributed by atoms with Gasteiger partial charge in [-0.1, -0.05) is 0 Å². The van der Waals surface area contributed by atoms with E-state index in [4.69, 9.17) is 4.74 Å². The van der Waals surface area contributed by atoms with Gasteiger partial charge in [0.1, 0.15) is 0 Å². The van der Waals surface area contributed by atoms with Crippen molar-refractivity contribution < 1.29 is 21.8 Å². The predicted molar refractivity (Wildman–Crippen MR) is 56.2 cm³/mol. The summed E-state index contributed by atoms with van der Waals surface area (Å²) in [5, 5.41) is 0. The third kappa shape index (κ3) is 4.34. The first-order valence-corrected chi connectivity index (χ1v) is 6.81. The molecule has 0 N–H and O–H groups in total. The van der Waals surface area contributed by atoms with E-state index in [1.165, 1.54) is 4.90 Å². The average molecular weight is 253 g/mol. The molecule has 0 spiro atoms. The maximum atomic E-state index is 12.4. The minimum atomic E-state index is -4.41. The van der Waals surface area contributed by atoms with Crippen molar-refractivity contribution >= 4 is 16.3 Å². The van der Waals surface area contributed by atoms with Crippen LogP contribution in [0.25, 0.3) is 0 Å². The fraction of sp³-hybridized carbons (Fsp3) is 0.889. The number of likely N-dealkylation sites (tertiary alicyclic amines) is 1. The van der Waals surface area contributed by atoms with Gasteiger partial charge in [0.2, 0.25) is 0 Å². The van der Waals surface area contributed by atoms with Crippen molar-refractivity contribution in [2.75, 3.05) is 25.4 Å². The molecule has 7 heteroatoms. The quantitative estimate of drug-likeness (QED) is 0.708. The van der Waals surface area contributed by atoms with E-state index < -0.39 is 16.0 Å². The topological polar surface area (TPSA) is 63.7 Å². The maximum Gasteiger partial charge on any atom is 0.409 e. The summed E-state index contributed by atoms with van der Waals surface area (Å²) in [6, 6.07) is 0. The monoisotopic (exact) mass is 253 g/mol. The van der Waals surface area contributed by atoms with Crippen LogP contribution in [0.5, 0.6) is 0 Å². The molecule has 1 rings (SSSR count). The zero-order valence-corrected chi connectivity index (χ0v) is 10.0. The largest absolute Gasteiger partial charge is 0.450 e. The van der Waals surface area contributed by atoms with Gasteiger partial charge < -0.3 is 9.64 Å². The van der Waals surface area contributed by atoms with Crippen LogP contribution in [0, 0.1) is 5.92 Å². The molecule has 1 aliphatic heterocycles. The van der Waals surface area contributed by atoms with Crippen molar-refractivity contribution in [1.29, 1.82) is 0 Å². The Labute approximate surface area is 94.8 Å². The Balaban J connectivity index is 2.37. The van der Waals surface area contributed by atoms with Gasteiger partial charge in [0.25, 0.3) is 0 Å². The summed E-state index contributed by atoms with van der Waals surface area (Å²) in [4.78, 5) is 12.8. The second-order valence-electron chi connectivity index (χ2n) is 3.83. The van der Waals surface area contributed by atoms with Gasteiger partial charge in [-0.3, -0.25) is 0 Å². The van der Waals surface area contributed by atoms with Crippen LogP contribution in [0.4, 0.5) is 8.68 Å². The highest BCUT2D eigenvalue weighted by atomic mass is 32.3. The summed E-state index contributed by atoms with van der Waals surface area (Å²) >= 11 is 0. The van der Waals surface area contributed by atoms with Gasteiger partial charge >= 0.3 is 16.3 Å². The van der Waals surface area contributed by atoms with E-state index in [1.54, 1.807) is 6.92 Å². The predicted octanol–water partition coefficient (Wildman–Crippen LogP) is 1.15. The second-order valence-corrected chi connectivity index (χ2v) is 5.25. The number of hydrogen-bond donors (Lipinski definition) is 0. The lowest BCUT2D eigenvalue weighted by Gasteiger charge is -2.30.